The van der Waals surface area contributed by atoms with Crippen molar-refractivity contribution >= 4 is 15.9 Å². The zero-order valence-corrected chi connectivity index (χ0v) is 9.55. The summed E-state index contributed by atoms with van der Waals surface area (Å²) in [6.07, 6.45) is 1.57. The fourth-order valence-corrected chi connectivity index (χ4v) is 1.34. The third-order valence-electron chi connectivity index (χ3n) is 1.78. The lowest BCUT2D eigenvalue weighted by molar-refractivity contribution is 0.299. The molecule has 0 aliphatic rings. The summed E-state index contributed by atoms with van der Waals surface area (Å²) in [5, 5.41) is 9.70. The molecular formula is C12H13BrO. The molecule has 14 heavy (non-hydrogen) atoms. The van der Waals surface area contributed by atoms with Crippen LogP contribution in [0, 0.1) is 11.8 Å². The van der Waals surface area contributed by atoms with Gasteiger partial charge in [0.1, 0.15) is 0 Å². The molecule has 0 saturated heterocycles. The molecule has 0 aromatic heterocycles. The van der Waals surface area contributed by atoms with Crippen molar-refractivity contribution in [1.29, 1.82) is 0 Å². The Morgan fingerprint density at radius 1 is 1.36 bits per heavy atom. The largest absolute Gasteiger partial charge is 0.396 e. The summed E-state index contributed by atoms with van der Waals surface area (Å²) < 4.78 is 0. The van der Waals surface area contributed by atoms with Crippen LogP contribution in [0.25, 0.3) is 0 Å². The number of hydrogen-bond donors (Lipinski definition) is 1. The van der Waals surface area contributed by atoms with E-state index < -0.39 is 0 Å². The van der Waals surface area contributed by atoms with Crippen LogP contribution in [0.3, 0.4) is 0 Å². The van der Waals surface area contributed by atoms with E-state index in [1.54, 1.807) is 0 Å². The minimum Gasteiger partial charge on any atom is -0.396 e. The Bertz CT molecular complexity index is 336. The summed E-state index contributed by atoms with van der Waals surface area (Å²) in [7, 11) is 0. The third-order valence-corrected chi connectivity index (χ3v) is 2.18. The first-order valence-electron chi connectivity index (χ1n) is 4.61. The Balaban J connectivity index is 2.69. The molecule has 0 aliphatic carbocycles. The van der Waals surface area contributed by atoms with Crippen LogP contribution in [0.5, 0.6) is 0 Å². The normalized spacial score (nSPS) is 9.29. The summed E-state index contributed by atoms with van der Waals surface area (Å²) in [5.41, 5.74) is 2.16. The first kappa shape index (κ1) is 11.3. The molecule has 0 aliphatic heterocycles. The molecule has 74 valence electrons. The van der Waals surface area contributed by atoms with Gasteiger partial charge >= 0.3 is 0 Å². The van der Waals surface area contributed by atoms with Gasteiger partial charge in [0, 0.05) is 23.9 Å². The molecule has 2 heteroatoms. The lowest BCUT2D eigenvalue weighted by Crippen LogP contribution is -1.90. The molecule has 0 spiro atoms. The van der Waals surface area contributed by atoms with Crippen LogP contribution in [-0.2, 0) is 6.42 Å². The van der Waals surface area contributed by atoms with Gasteiger partial charge in [0.15, 0.2) is 0 Å². The molecule has 1 aromatic carbocycles. The van der Waals surface area contributed by atoms with Crippen molar-refractivity contribution in [3.63, 3.8) is 0 Å². The number of hydrogen-bond acceptors (Lipinski definition) is 1. The highest BCUT2D eigenvalue weighted by Crippen LogP contribution is 2.04. The van der Waals surface area contributed by atoms with E-state index in [-0.39, 0.29) is 6.61 Å². The van der Waals surface area contributed by atoms with Gasteiger partial charge in [-0.1, -0.05) is 39.9 Å². The molecule has 0 unspecified atom stereocenters. The van der Waals surface area contributed by atoms with Gasteiger partial charge in [0.2, 0.25) is 0 Å². The van der Waals surface area contributed by atoms with Gasteiger partial charge < -0.3 is 5.11 Å². The van der Waals surface area contributed by atoms with Crippen LogP contribution in [-0.4, -0.2) is 17.0 Å². The van der Waals surface area contributed by atoms with E-state index in [1.165, 1.54) is 0 Å². The van der Waals surface area contributed by atoms with Crippen molar-refractivity contribution in [2.45, 2.75) is 12.8 Å². The van der Waals surface area contributed by atoms with E-state index in [4.69, 9.17) is 5.11 Å². The average molecular weight is 253 g/mol. The molecule has 0 amide bonds. The van der Waals surface area contributed by atoms with Crippen LogP contribution in [0.1, 0.15) is 17.5 Å². The zero-order chi connectivity index (χ0) is 10.2. The summed E-state index contributed by atoms with van der Waals surface area (Å²) in [4.78, 5) is 0. The first-order valence-corrected chi connectivity index (χ1v) is 5.73. The molecular weight excluding hydrogens is 240 g/mol. The smallest absolute Gasteiger partial charge is 0.0471 e. The number of benzene rings is 1. The van der Waals surface area contributed by atoms with Crippen LogP contribution in [0.4, 0.5) is 0 Å². The van der Waals surface area contributed by atoms with E-state index in [0.29, 0.717) is 6.42 Å². The number of halogens is 1. The summed E-state index contributed by atoms with van der Waals surface area (Å²) in [6, 6.07) is 7.99. The van der Waals surface area contributed by atoms with Crippen LogP contribution in [0.2, 0.25) is 0 Å². The van der Waals surface area contributed by atoms with Gasteiger partial charge in [-0.2, -0.15) is 0 Å². The maximum atomic E-state index is 8.78. The van der Waals surface area contributed by atoms with Crippen molar-refractivity contribution in [2.75, 3.05) is 11.9 Å². The van der Waals surface area contributed by atoms with Gasteiger partial charge in [-0.05, 0) is 24.1 Å². The number of rotatable bonds is 3. The maximum absolute atomic E-state index is 8.78. The van der Waals surface area contributed by atoms with E-state index in [9.17, 15) is 0 Å². The van der Waals surface area contributed by atoms with Crippen molar-refractivity contribution < 1.29 is 5.11 Å². The maximum Gasteiger partial charge on any atom is 0.0471 e. The standard InChI is InChI=1S/C12H13BrO/c13-8-2-1-4-11-5-3-6-12(10-11)7-9-14/h3,5-6,10,14H,2,7-9H2. The monoisotopic (exact) mass is 252 g/mol. The van der Waals surface area contributed by atoms with Gasteiger partial charge in [-0.15, -0.1) is 0 Å². The third kappa shape index (κ3) is 3.95. The van der Waals surface area contributed by atoms with Crippen molar-refractivity contribution in [3.05, 3.63) is 35.4 Å². The van der Waals surface area contributed by atoms with E-state index in [1.807, 2.05) is 24.3 Å². The predicted molar refractivity (Wildman–Crippen MR) is 62.5 cm³/mol. The van der Waals surface area contributed by atoms with E-state index in [2.05, 4.69) is 27.8 Å². The quantitative estimate of drug-likeness (QED) is 0.647. The molecule has 0 heterocycles. The topological polar surface area (TPSA) is 20.2 Å². The van der Waals surface area contributed by atoms with Gasteiger partial charge in [0.05, 0.1) is 0 Å². The second-order valence-corrected chi connectivity index (χ2v) is 3.71. The second kappa shape index (κ2) is 6.64. The van der Waals surface area contributed by atoms with Gasteiger partial charge in [-0.3, -0.25) is 0 Å². The molecule has 1 aromatic rings. The summed E-state index contributed by atoms with van der Waals surface area (Å²) in [6.45, 7) is 0.193. The Labute approximate surface area is 93.3 Å². The molecule has 1 nitrogen and oxygen atoms in total. The molecule has 1 N–H and O–H groups in total. The van der Waals surface area contributed by atoms with Crippen molar-refractivity contribution in [2.24, 2.45) is 0 Å². The Hall–Kier alpha value is -0.780. The van der Waals surface area contributed by atoms with Crippen LogP contribution < -0.4 is 0 Å². The fourth-order valence-electron chi connectivity index (χ4n) is 1.15. The molecule has 0 bridgehead atoms. The SMILES string of the molecule is OCCc1cccc(C#CCCBr)c1. The minimum absolute atomic E-state index is 0.193. The highest BCUT2D eigenvalue weighted by Gasteiger charge is 1.92. The lowest BCUT2D eigenvalue weighted by Gasteiger charge is -1.97. The number of alkyl halides is 1. The zero-order valence-electron chi connectivity index (χ0n) is 7.96. The highest BCUT2D eigenvalue weighted by atomic mass is 79.9. The van der Waals surface area contributed by atoms with Gasteiger partial charge in [0.25, 0.3) is 0 Å². The minimum atomic E-state index is 0.193. The Kier molecular flexibility index (Phi) is 5.36. The molecule has 0 atom stereocenters. The average Bonchev–Trinajstić information content (AvgIpc) is 2.19. The second-order valence-electron chi connectivity index (χ2n) is 2.91. The first-order chi connectivity index (χ1) is 6.86. The Morgan fingerprint density at radius 2 is 2.21 bits per heavy atom. The molecule has 1 rings (SSSR count). The summed E-state index contributed by atoms with van der Waals surface area (Å²) >= 11 is 3.33. The molecule has 0 radical (unpaired) electrons. The predicted octanol–water partition coefficient (Wildman–Crippen LogP) is 2.36. The van der Waals surface area contributed by atoms with E-state index >= 15 is 0 Å². The van der Waals surface area contributed by atoms with Crippen molar-refractivity contribution in [3.8, 4) is 11.8 Å². The number of aliphatic hydroxyl groups is 1. The molecule has 0 saturated carbocycles. The van der Waals surface area contributed by atoms with Gasteiger partial charge in [-0.25, -0.2) is 0 Å². The molecule has 0 fully saturated rings. The Morgan fingerprint density at radius 3 is 2.93 bits per heavy atom. The fraction of sp³-hybridized carbons (Fsp3) is 0.333. The number of aliphatic hydroxyl groups excluding tert-OH is 1. The van der Waals surface area contributed by atoms with Crippen LogP contribution in [0.15, 0.2) is 24.3 Å². The lowest BCUT2D eigenvalue weighted by atomic mass is 10.1. The summed E-state index contributed by atoms with van der Waals surface area (Å²) in [5.74, 6) is 6.14. The van der Waals surface area contributed by atoms with Crippen molar-refractivity contribution in [1.82, 2.24) is 0 Å². The highest BCUT2D eigenvalue weighted by molar-refractivity contribution is 9.09. The van der Waals surface area contributed by atoms with Crippen LogP contribution >= 0.6 is 15.9 Å². The van der Waals surface area contributed by atoms with E-state index in [0.717, 1.165) is 22.9 Å².